The van der Waals surface area contributed by atoms with Crippen LogP contribution in [0.4, 0.5) is 10.1 Å². The molecule has 2 N–H and O–H groups in total. The first-order valence-corrected chi connectivity index (χ1v) is 6.82. The molecule has 0 atom stereocenters. The third-order valence-electron chi connectivity index (χ3n) is 3.09. The first-order valence-electron chi connectivity index (χ1n) is 6.82. The fourth-order valence-corrected chi connectivity index (χ4v) is 2.08. The van der Waals surface area contributed by atoms with E-state index in [0.717, 1.165) is 5.69 Å². The maximum absolute atomic E-state index is 13.4. The van der Waals surface area contributed by atoms with Crippen molar-refractivity contribution >= 4 is 11.6 Å². The largest absolute Gasteiger partial charge is 0.330 e. The molecule has 2 rings (SSSR count). The Balaban J connectivity index is 2.33. The van der Waals surface area contributed by atoms with Gasteiger partial charge in [0.25, 0.3) is 5.91 Å². The summed E-state index contributed by atoms with van der Waals surface area (Å²) in [6.45, 7) is 2.73. The molecule has 4 nitrogen and oxygen atoms in total. The van der Waals surface area contributed by atoms with Crippen molar-refractivity contribution in [1.29, 1.82) is 0 Å². The third-order valence-corrected chi connectivity index (χ3v) is 3.09. The Kier molecular flexibility index (Phi) is 5.00. The first kappa shape index (κ1) is 15.1. The van der Waals surface area contributed by atoms with Gasteiger partial charge in [-0.2, -0.15) is 0 Å². The molecular weight excluding hydrogens is 269 g/mol. The van der Waals surface area contributed by atoms with Crippen molar-refractivity contribution in [3.05, 3.63) is 59.7 Å². The molecule has 2 aromatic rings. The minimum Gasteiger partial charge on any atom is -0.330 e. The lowest BCUT2D eigenvalue weighted by Crippen LogP contribution is -2.33. The maximum Gasteiger partial charge on any atom is 0.258 e. The van der Waals surface area contributed by atoms with Crippen LogP contribution in [-0.2, 0) is 0 Å². The second-order valence-electron chi connectivity index (χ2n) is 4.76. The van der Waals surface area contributed by atoms with Crippen LogP contribution in [0.1, 0.15) is 22.5 Å². The van der Waals surface area contributed by atoms with Crippen LogP contribution in [0.5, 0.6) is 0 Å². The molecule has 0 saturated carbocycles. The number of nitrogens with two attached hydrogens (primary N) is 1. The van der Waals surface area contributed by atoms with Crippen LogP contribution in [-0.4, -0.2) is 24.0 Å². The van der Waals surface area contributed by atoms with E-state index in [1.807, 2.05) is 6.92 Å². The van der Waals surface area contributed by atoms with E-state index in [-0.39, 0.29) is 11.7 Å². The molecule has 0 aliphatic rings. The van der Waals surface area contributed by atoms with Gasteiger partial charge in [-0.25, -0.2) is 4.39 Å². The molecule has 21 heavy (non-hydrogen) atoms. The number of aryl methyl sites for hydroxylation is 1. The van der Waals surface area contributed by atoms with Crippen LogP contribution in [0.3, 0.4) is 0 Å². The number of hydrogen-bond donors (Lipinski definition) is 1. The van der Waals surface area contributed by atoms with Crippen molar-refractivity contribution in [3.8, 4) is 0 Å². The van der Waals surface area contributed by atoms with E-state index in [0.29, 0.717) is 30.8 Å². The van der Waals surface area contributed by atoms with Crippen molar-refractivity contribution in [1.82, 2.24) is 4.98 Å². The summed E-state index contributed by atoms with van der Waals surface area (Å²) in [5.74, 6) is -0.552. The smallest absolute Gasteiger partial charge is 0.258 e. The average Bonchev–Trinajstić information content (AvgIpc) is 2.47. The summed E-state index contributed by atoms with van der Waals surface area (Å²) >= 11 is 0. The topological polar surface area (TPSA) is 59.2 Å². The number of halogens is 1. The van der Waals surface area contributed by atoms with Gasteiger partial charge in [-0.1, -0.05) is 6.07 Å². The van der Waals surface area contributed by atoms with E-state index in [2.05, 4.69) is 4.98 Å². The molecule has 110 valence electrons. The highest BCUT2D eigenvalue weighted by atomic mass is 19.1. The molecule has 5 heteroatoms. The van der Waals surface area contributed by atoms with Gasteiger partial charge in [0.2, 0.25) is 0 Å². The Morgan fingerprint density at radius 2 is 2.14 bits per heavy atom. The summed E-state index contributed by atoms with van der Waals surface area (Å²) in [4.78, 5) is 18.3. The molecule has 0 aliphatic heterocycles. The number of anilines is 1. The number of nitrogens with zero attached hydrogens (tertiary/aromatic N) is 2. The van der Waals surface area contributed by atoms with Crippen LogP contribution >= 0.6 is 0 Å². The monoisotopic (exact) mass is 287 g/mol. The molecule has 1 heterocycles. The molecule has 0 spiro atoms. The van der Waals surface area contributed by atoms with Crippen molar-refractivity contribution in [2.75, 3.05) is 18.0 Å². The Hall–Kier alpha value is -2.27. The fourth-order valence-electron chi connectivity index (χ4n) is 2.08. The molecule has 1 amide bonds. The molecule has 0 fully saturated rings. The van der Waals surface area contributed by atoms with E-state index >= 15 is 0 Å². The number of rotatable bonds is 5. The van der Waals surface area contributed by atoms with Gasteiger partial charge in [-0.15, -0.1) is 0 Å². The second kappa shape index (κ2) is 6.95. The normalized spacial score (nSPS) is 10.4. The SMILES string of the molecule is Cc1cc(C(=O)N(CCCN)c2cccc(F)c2)ccn1. The molecule has 0 bridgehead atoms. The highest BCUT2D eigenvalue weighted by molar-refractivity contribution is 6.06. The zero-order chi connectivity index (χ0) is 15.2. The number of amides is 1. The number of carbonyl (C=O) groups is 1. The van der Waals surface area contributed by atoms with E-state index in [1.165, 1.54) is 12.1 Å². The minimum atomic E-state index is -0.371. The molecule has 0 radical (unpaired) electrons. The Bertz CT molecular complexity index is 630. The van der Waals surface area contributed by atoms with Crippen LogP contribution in [0, 0.1) is 12.7 Å². The molecule has 1 aromatic heterocycles. The van der Waals surface area contributed by atoms with Gasteiger partial charge in [0.1, 0.15) is 5.82 Å². The highest BCUT2D eigenvalue weighted by Crippen LogP contribution is 2.19. The standard InChI is InChI=1S/C16H18FN3O/c1-12-10-13(6-8-19-12)16(21)20(9-3-7-18)15-5-2-4-14(17)11-15/h2,4-6,8,10-11H,3,7,9,18H2,1H3. The third kappa shape index (κ3) is 3.86. The number of carbonyl (C=O) groups excluding carboxylic acids is 1. The zero-order valence-corrected chi connectivity index (χ0v) is 11.9. The lowest BCUT2D eigenvalue weighted by molar-refractivity contribution is 0.0986. The van der Waals surface area contributed by atoms with Crippen LogP contribution in [0.25, 0.3) is 0 Å². The van der Waals surface area contributed by atoms with Gasteiger partial charge in [-0.05, 0) is 50.2 Å². The summed E-state index contributed by atoms with van der Waals surface area (Å²) in [5.41, 5.74) is 7.35. The fraction of sp³-hybridized carbons (Fsp3) is 0.250. The van der Waals surface area contributed by atoms with Crippen molar-refractivity contribution in [2.24, 2.45) is 5.73 Å². The predicted molar refractivity (Wildman–Crippen MR) is 80.7 cm³/mol. The van der Waals surface area contributed by atoms with E-state index < -0.39 is 0 Å². The predicted octanol–water partition coefficient (Wildman–Crippen LogP) is 2.52. The molecule has 0 unspecified atom stereocenters. The quantitative estimate of drug-likeness (QED) is 0.919. The first-order chi connectivity index (χ1) is 10.1. The summed E-state index contributed by atoms with van der Waals surface area (Å²) in [6, 6.07) is 9.38. The van der Waals surface area contributed by atoms with Gasteiger partial charge in [0.05, 0.1) is 0 Å². The number of aromatic nitrogens is 1. The molecule has 1 aromatic carbocycles. The Labute approximate surface area is 123 Å². The highest BCUT2D eigenvalue weighted by Gasteiger charge is 2.18. The van der Waals surface area contributed by atoms with Gasteiger partial charge in [0, 0.05) is 29.7 Å². The van der Waals surface area contributed by atoms with Crippen molar-refractivity contribution in [2.45, 2.75) is 13.3 Å². The average molecular weight is 287 g/mol. The van der Waals surface area contributed by atoms with Crippen LogP contribution in [0.15, 0.2) is 42.6 Å². The number of pyridine rings is 1. The molecular formula is C16H18FN3O. The summed E-state index contributed by atoms with van der Waals surface area (Å²) < 4.78 is 13.4. The lowest BCUT2D eigenvalue weighted by atomic mass is 10.1. The van der Waals surface area contributed by atoms with Crippen molar-refractivity contribution < 1.29 is 9.18 Å². The van der Waals surface area contributed by atoms with Crippen molar-refractivity contribution in [3.63, 3.8) is 0 Å². The summed E-state index contributed by atoms with van der Waals surface area (Å²) in [6.07, 6.45) is 2.24. The molecule has 0 saturated heterocycles. The lowest BCUT2D eigenvalue weighted by Gasteiger charge is -2.23. The number of hydrogen-bond acceptors (Lipinski definition) is 3. The van der Waals surface area contributed by atoms with E-state index in [1.54, 1.807) is 35.4 Å². The Morgan fingerprint density at radius 1 is 1.33 bits per heavy atom. The summed E-state index contributed by atoms with van der Waals surface area (Å²) in [5, 5.41) is 0. The van der Waals surface area contributed by atoms with Gasteiger partial charge < -0.3 is 10.6 Å². The summed E-state index contributed by atoms with van der Waals surface area (Å²) in [7, 11) is 0. The molecule has 0 aliphatic carbocycles. The zero-order valence-electron chi connectivity index (χ0n) is 11.9. The van der Waals surface area contributed by atoms with Crippen LogP contribution in [0.2, 0.25) is 0 Å². The second-order valence-corrected chi connectivity index (χ2v) is 4.76. The minimum absolute atomic E-state index is 0.181. The van der Waals surface area contributed by atoms with Gasteiger partial charge in [0.15, 0.2) is 0 Å². The van der Waals surface area contributed by atoms with Gasteiger partial charge >= 0.3 is 0 Å². The van der Waals surface area contributed by atoms with Crippen LogP contribution < -0.4 is 10.6 Å². The Morgan fingerprint density at radius 3 is 2.81 bits per heavy atom. The van der Waals surface area contributed by atoms with E-state index in [9.17, 15) is 9.18 Å². The van der Waals surface area contributed by atoms with Gasteiger partial charge in [-0.3, -0.25) is 9.78 Å². The maximum atomic E-state index is 13.4. The number of benzene rings is 1. The van der Waals surface area contributed by atoms with E-state index in [4.69, 9.17) is 5.73 Å².